The van der Waals surface area contributed by atoms with E-state index in [-0.39, 0.29) is 12.6 Å². The first-order chi connectivity index (χ1) is 11.1. The van der Waals surface area contributed by atoms with E-state index < -0.39 is 11.4 Å². The molecule has 0 spiro atoms. The summed E-state index contributed by atoms with van der Waals surface area (Å²) in [6.07, 6.45) is 3.07. The maximum atomic E-state index is 11.3. The van der Waals surface area contributed by atoms with Crippen molar-refractivity contribution < 1.29 is 19.4 Å². The molecule has 6 nitrogen and oxygen atoms in total. The van der Waals surface area contributed by atoms with Gasteiger partial charge in [0.2, 0.25) is 5.88 Å². The van der Waals surface area contributed by atoms with E-state index in [0.29, 0.717) is 25.1 Å². The van der Waals surface area contributed by atoms with Gasteiger partial charge in [0.15, 0.2) is 0 Å². The Balaban J connectivity index is 1.83. The third-order valence-electron chi connectivity index (χ3n) is 4.40. The fourth-order valence-corrected chi connectivity index (χ4v) is 2.77. The number of nitrogens with zero attached hydrogens (tertiary/aromatic N) is 1. The SMILES string of the molecule is COc1ccc2c(O[C@@H](CN)CC3(C(=O)O)CC3)nccc2c1. The first-order valence-corrected chi connectivity index (χ1v) is 7.61. The number of hydrogen-bond acceptors (Lipinski definition) is 5. The molecule has 1 heterocycles. The Morgan fingerprint density at radius 2 is 2.22 bits per heavy atom. The first kappa shape index (κ1) is 15.6. The second kappa shape index (κ2) is 6.04. The molecule has 1 aliphatic carbocycles. The lowest BCUT2D eigenvalue weighted by Gasteiger charge is -2.21. The minimum absolute atomic E-state index is 0.253. The van der Waals surface area contributed by atoms with Crippen LogP contribution in [0.2, 0.25) is 0 Å². The van der Waals surface area contributed by atoms with Crippen LogP contribution in [-0.4, -0.2) is 35.8 Å². The Bertz CT molecular complexity index is 728. The first-order valence-electron chi connectivity index (χ1n) is 7.61. The topological polar surface area (TPSA) is 94.7 Å². The maximum absolute atomic E-state index is 11.3. The zero-order valence-electron chi connectivity index (χ0n) is 13.0. The summed E-state index contributed by atoms with van der Waals surface area (Å²) in [5, 5.41) is 11.1. The van der Waals surface area contributed by atoms with Crippen molar-refractivity contribution in [2.24, 2.45) is 11.1 Å². The molecule has 1 aromatic carbocycles. The van der Waals surface area contributed by atoms with Gasteiger partial charge in [-0.15, -0.1) is 0 Å². The van der Waals surface area contributed by atoms with E-state index in [9.17, 15) is 9.90 Å². The van der Waals surface area contributed by atoms with Crippen LogP contribution in [0.1, 0.15) is 19.3 Å². The highest BCUT2D eigenvalue weighted by Crippen LogP contribution is 2.50. The quantitative estimate of drug-likeness (QED) is 0.813. The number of fused-ring (bicyclic) bond motifs is 1. The van der Waals surface area contributed by atoms with Crippen LogP contribution in [0, 0.1) is 5.41 Å². The van der Waals surface area contributed by atoms with E-state index in [1.54, 1.807) is 13.3 Å². The van der Waals surface area contributed by atoms with Crippen molar-refractivity contribution in [3.8, 4) is 11.6 Å². The zero-order chi connectivity index (χ0) is 16.4. The number of pyridine rings is 1. The number of benzene rings is 1. The van der Waals surface area contributed by atoms with Crippen molar-refractivity contribution in [2.45, 2.75) is 25.4 Å². The largest absolute Gasteiger partial charge is 0.497 e. The molecule has 1 aliphatic rings. The average Bonchev–Trinajstić information content (AvgIpc) is 3.35. The molecule has 6 heteroatoms. The molecular formula is C17H20N2O4. The summed E-state index contributed by atoms with van der Waals surface area (Å²) in [5.41, 5.74) is 5.11. The molecule has 1 saturated carbocycles. The predicted octanol–water partition coefficient (Wildman–Crippen LogP) is 2.20. The Morgan fingerprint density at radius 3 is 2.83 bits per heavy atom. The van der Waals surface area contributed by atoms with Gasteiger partial charge < -0.3 is 20.3 Å². The minimum atomic E-state index is -0.768. The zero-order valence-corrected chi connectivity index (χ0v) is 13.0. The standard InChI is InChI=1S/C17H20N2O4/c1-22-12-2-3-14-11(8-12)4-7-19-15(14)23-13(10-18)9-17(5-6-17)16(20)21/h2-4,7-8,13H,5-6,9-10,18H2,1H3,(H,20,21)/t13-/m1/s1. The van der Waals surface area contributed by atoms with Gasteiger partial charge in [0.1, 0.15) is 11.9 Å². The predicted molar refractivity (Wildman–Crippen MR) is 85.7 cm³/mol. The summed E-state index contributed by atoms with van der Waals surface area (Å²) < 4.78 is 11.2. The van der Waals surface area contributed by atoms with Crippen molar-refractivity contribution in [3.63, 3.8) is 0 Å². The highest BCUT2D eigenvalue weighted by Gasteiger charge is 2.51. The van der Waals surface area contributed by atoms with Crippen molar-refractivity contribution >= 4 is 16.7 Å². The highest BCUT2D eigenvalue weighted by atomic mass is 16.5. The molecule has 0 unspecified atom stereocenters. The third-order valence-corrected chi connectivity index (χ3v) is 4.40. The number of carboxylic acids is 1. The van der Waals surface area contributed by atoms with Gasteiger partial charge in [0.25, 0.3) is 0 Å². The van der Waals surface area contributed by atoms with Crippen molar-refractivity contribution in [1.82, 2.24) is 4.98 Å². The monoisotopic (exact) mass is 316 g/mol. The fraction of sp³-hybridized carbons (Fsp3) is 0.412. The van der Waals surface area contributed by atoms with Crippen molar-refractivity contribution in [3.05, 3.63) is 30.5 Å². The molecule has 1 atom stereocenters. The van der Waals surface area contributed by atoms with Crippen molar-refractivity contribution in [1.29, 1.82) is 0 Å². The fourth-order valence-electron chi connectivity index (χ4n) is 2.77. The second-order valence-corrected chi connectivity index (χ2v) is 5.97. The summed E-state index contributed by atoms with van der Waals surface area (Å²) in [6.45, 7) is 0.253. The minimum Gasteiger partial charge on any atom is -0.497 e. The lowest BCUT2D eigenvalue weighted by molar-refractivity contribution is -0.144. The number of ether oxygens (including phenoxy) is 2. The number of aromatic nitrogens is 1. The van der Waals surface area contributed by atoms with Gasteiger partial charge in [-0.05, 0) is 42.5 Å². The second-order valence-electron chi connectivity index (χ2n) is 5.97. The van der Waals surface area contributed by atoms with Crippen LogP contribution in [0.15, 0.2) is 30.5 Å². The lowest BCUT2D eigenvalue weighted by atomic mass is 9.98. The summed E-state index contributed by atoms with van der Waals surface area (Å²) in [4.78, 5) is 15.6. The number of hydrogen-bond donors (Lipinski definition) is 2. The molecule has 3 N–H and O–H groups in total. The molecule has 122 valence electrons. The normalized spacial score (nSPS) is 16.8. The van der Waals surface area contributed by atoms with E-state index in [4.69, 9.17) is 15.2 Å². The van der Waals surface area contributed by atoms with Gasteiger partial charge in [0, 0.05) is 24.5 Å². The van der Waals surface area contributed by atoms with E-state index in [1.165, 1.54) is 0 Å². The van der Waals surface area contributed by atoms with Crippen LogP contribution < -0.4 is 15.2 Å². The van der Waals surface area contributed by atoms with Crippen molar-refractivity contribution in [2.75, 3.05) is 13.7 Å². The molecule has 3 rings (SSSR count). The Kier molecular flexibility index (Phi) is 4.09. The van der Waals surface area contributed by atoms with Gasteiger partial charge >= 0.3 is 5.97 Å². The Labute approximate surface area is 134 Å². The number of rotatable bonds is 7. The van der Waals surface area contributed by atoms with Gasteiger partial charge in [-0.3, -0.25) is 4.79 Å². The molecular weight excluding hydrogens is 296 g/mol. The van der Waals surface area contributed by atoms with Crippen LogP contribution in [0.5, 0.6) is 11.6 Å². The lowest BCUT2D eigenvalue weighted by Crippen LogP contribution is -2.32. The molecule has 1 fully saturated rings. The molecule has 2 aromatic rings. The molecule has 0 saturated heterocycles. The van der Waals surface area contributed by atoms with E-state index in [1.807, 2.05) is 24.3 Å². The molecule has 1 aromatic heterocycles. The number of carboxylic acid groups (broad SMARTS) is 1. The van der Waals surface area contributed by atoms with Crippen LogP contribution in [-0.2, 0) is 4.79 Å². The Morgan fingerprint density at radius 1 is 1.43 bits per heavy atom. The molecule has 0 aliphatic heterocycles. The van der Waals surface area contributed by atoms with E-state index in [2.05, 4.69) is 4.98 Å². The number of carbonyl (C=O) groups is 1. The van der Waals surface area contributed by atoms with Gasteiger partial charge in [0.05, 0.1) is 12.5 Å². The van der Waals surface area contributed by atoms with Gasteiger partial charge in [-0.25, -0.2) is 4.98 Å². The third kappa shape index (κ3) is 3.07. The highest BCUT2D eigenvalue weighted by molar-refractivity contribution is 5.87. The number of aliphatic carboxylic acids is 1. The van der Waals surface area contributed by atoms with Crippen LogP contribution in [0.4, 0.5) is 0 Å². The molecule has 0 radical (unpaired) electrons. The average molecular weight is 316 g/mol. The van der Waals surface area contributed by atoms with Gasteiger partial charge in [-0.1, -0.05) is 0 Å². The molecule has 23 heavy (non-hydrogen) atoms. The summed E-state index contributed by atoms with van der Waals surface area (Å²) >= 11 is 0. The molecule has 0 bridgehead atoms. The Hall–Kier alpha value is -2.34. The number of methoxy groups -OCH3 is 1. The van der Waals surface area contributed by atoms with Crippen LogP contribution in [0.25, 0.3) is 10.8 Å². The summed E-state index contributed by atoms with van der Waals surface area (Å²) in [6, 6.07) is 7.50. The van der Waals surface area contributed by atoms with E-state index >= 15 is 0 Å². The van der Waals surface area contributed by atoms with Crippen LogP contribution >= 0.6 is 0 Å². The van der Waals surface area contributed by atoms with Gasteiger partial charge in [-0.2, -0.15) is 0 Å². The summed E-state index contributed by atoms with van der Waals surface area (Å²) in [7, 11) is 1.62. The maximum Gasteiger partial charge on any atom is 0.309 e. The molecule has 0 amide bonds. The number of nitrogens with two attached hydrogens (primary N) is 1. The van der Waals surface area contributed by atoms with Crippen LogP contribution in [0.3, 0.4) is 0 Å². The van der Waals surface area contributed by atoms with E-state index in [0.717, 1.165) is 16.5 Å². The smallest absolute Gasteiger partial charge is 0.309 e. The summed E-state index contributed by atoms with van der Waals surface area (Å²) in [5.74, 6) is 0.463.